The van der Waals surface area contributed by atoms with E-state index in [1.54, 1.807) is 27.7 Å². The highest BCUT2D eigenvalue weighted by atomic mass is 19.1. The van der Waals surface area contributed by atoms with Crippen molar-refractivity contribution in [2.45, 2.75) is 39.4 Å². The largest absolute Gasteiger partial charge is 0.444 e. The van der Waals surface area contributed by atoms with Crippen molar-refractivity contribution < 1.29 is 23.8 Å². The van der Waals surface area contributed by atoms with Crippen molar-refractivity contribution in [2.75, 3.05) is 26.3 Å². The molecule has 1 saturated heterocycles. The van der Waals surface area contributed by atoms with E-state index in [1.165, 1.54) is 4.90 Å². The number of carbonyl (C=O) groups excluding carboxylic acids is 1. The normalized spacial score (nSPS) is 23.9. The number of hydrogen-bond donors (Lipinski definition) is 1. The van der Waals surface area contributed by atoms with Gasteiger partial charge < -0.3 is 19.5 Å². The Morgan fingerprint density at radius 2 is 2.21 bits per heavy atom. The highest BCUT2D eigenvalue weighted by molar-refractivity contribution is 5.68. The summed E-state index contributed by atoms with van der Waals surface area (Å²) in [5, 5.41) is 8.83. The molecule has 0 spiro atoms. The minimum Gasteiger partial charge on any atom is -0.444 e. The number of rotatable bonds is 1. The lowest BCUT2D eigenvalue weighted by molar-refractivity contribution is 0.0172. The van der Waals surface area contributed by atoms with Crippen LogP contribution in [0.2, 0.25) is 0 Å². The Morgan fingerprint density at radius 1 is 1.58 bits per heavy atom. The van der Waals surface area contributed by atoms with E-state index in [1.807, 2.05) is 0 Å². The molecule has 6 heteroatoms. The highest BCUT2D eigenvalue weighted by Gasteiger charge is 2.27. The number of ether oxygens (including phenoxy) is 2. The molecule has 0 aliphatic carbocycles. The van der Waals surface area contributed by atoms with Crippen LogP contribution >= 0.6 is 0 Å². The minimum atomic E-state index is -0.685. The molecule has 0 aromatic carbocycles. The average molecular weight is 275 g/mol. The van der Waals surface area contributed by atoms with Gasteiger partial charge in [0.25, 0.3) is 0 Å². The lowest BCUT2D eigenvalue weighted by atomic mass is 10.2. The van der Waals surface area contributed by atoms with Crippen molar-refractivity contribution in [3.63, 3.8) is 0 Å². The van der Waals surface area contributed by atoms with Crippen molar-refractivity contribution in [3.05, 3.63) is 11.4 Å². The number of amides is 1. The fourth-order valence-corrected chi connectivity index (χ4v) is 1.69. The standard InChI is InChI=1S/C13H22FNO4/c1-9-5-15(12(17)19-13(2,3)4)6-10(8-18-9)11(14)7-16/h9,16H,5-8H2,1-4H3/b11-10+/t9-/m0/s1. The number of halogens is 1. The second-order valence-corrected chi connectivity index (χ2v) is 5.65. The minimum absolute atomic E-state index is 0.0750. The van der Waals surface area contributed by atoms with Crippen LogP contribution in [0.15, 0.2) is 11.4 Å². The molecule has 1 heterocycles. The maximum atomic E-state index is 13.5. The second kappa shape index (κ2) is 6.34. The highest BCUT2D eigenvalue weighted by Crippen LogP contribution is 2.17. The van der Waals surface area contributed by atoms with Crippen LogP contribution in [0.25, 0.3) is 0 Å². The van der Waals surface area contributed by atoms with E-state index in [0.717, 1.165) is 0 Å². The molecule has 1 N–H and O–H groups in total. The molecule has 0 aromatic heterocycles. The monoisotopic (exact) mass is 275 g/mol. The molecule has 0 saturated carbocycles. The van der Waals surface area contributed by atoms with Gasteiger partial charge >= 0.3 is 6.09 Å². The molecule has 0 bridgehead atoms. The molecule has 1 amide bonds. The Labute approximate surface area is 113 Å². The van der Waals surface area contributed by atoms with E-state index in [9.17, 15) is 9.18 Å². The van der Waals surface area contributed by atoms with Crippen molar-refractivity contribution >= 4 is 6.09 Å². The summed E-state index contributed by atoms with van der Waals surface area (Å²) in [7, 11) is 0. The Balaban J connectivity index is 2.83. The number of nitrogens with zero attached hydrogens (tertiary/aromatic N) is 1. The Bertz CT molecular complexity index is 362. The molecule has 0 aromatic rings. The third-order valence-corrected chi connectivity index (χ3v) is 2.58. The fraction of sp³-hybridized carbons (Fsp3) is 0.769. The van der Waals surface area contributed by atoms with Crippen molar-refractivity contribution in [1.82, 2.24) is 4.90 Å². The van der Waals surface area contributed by atoms with Crippen LogP contribution in [0.5, 0.6) is 0 Å². The molecular weight excluding hydrogens is 253 g/mol. The van der Waals surface area contributed by atoms with E-state index < -0.39 is 24.1 Å². The predicted octanol–water partition coefficient (Wildman–Crippen LogP) is 1.86. The Morgan fingerprint density at radius 3 is 2.74 bits per heavy atom. The fourth-order valence-electron chi connectivity index (χ4n) is 1.69. The first-order valence-electron chi connectivity index (χ1n) is 6.29. The van der Waals surface area contributed by atoms with Gasteiger partial charge in [-0.05, 0) is 27.7 Å². The van der Waals surface area contributed by atoms with Gasteiger partial charge in [0.1, 0.15) is 11.4 Å². The van der Waals surface area contributed by atoms with Crippen molar-refractivity contribution in [3.8, 4) is 0 Å². The first-order valence-corrected chi connectivity index (χ1v) is 6.29. The smallest absolute Gasteiger partial charge is 0.410 e. The van der Waals surface area contributed by atoms with Crippen LogP contribution in [-0.2, 0) is 9.47 Å². The number of aliphatic hydroxyl groups is 1. The molecule has 1 fully saturated rings. The van der Waals surface area contributed by atoms with Crippen LogP contribution < -0.4 is 0 Å². The molecule has 19 heavy (non-hydrogen) atoms. The lowest BCUT2D eigenvalue weighted by Gasteiger charge is -2.27. The summed E-state index contributed by atoms with van der Waals surface area (Å²) in [6.07, 6.45) is -0.718. The van der Waals surface area contributed by atoms with E-state index in [4.69, 9.17) is 14.6 Å². The average Bonchev–Trinajstić information content (AvgIpc) is 2.48. The topological polar surface area (TPSA) is 59.0 Å². The second-order valence-electron chi connectivity index (χ2n) is 5.65. The van der Waals surface area contributed by atoms with E-state index in [0.29, 0.717) is 6.54 Å². The molecule has 0 unspecified atom stereocenters. The van der Waals surface area contributed by atoms with E-state index in [2.05, 4.69) is 0 Å². The third kappa shape index (κ3) is 5.16. The maximum absolute atomic E-state index is 13.5. The van der Waals surface area contributed by atoms with Crippen LogP contribution in [0.1, 0.15) is 27.7 Å². The van der Waals surface area contributed by atoms with Gasteiger partial charge in [0.2, 0.25) is 0 Å². The first-order chi connectivity index (χ1) is 8.73. The van der Waals surface area contributed by atoms with Gasteiger partial charge in [-0.2, -0.15) is 0 Å². The van der Waals surface area contributed by atoms with Crippen LogP contribution in [-0.4, -0.2) is 54.1 Å². The molecule has 1 aliphatic rings. The molecule has 5 nitrogen and oxygen atoms in total. The lowest BCUT2D eigenvalue weighted by Crippen LogP contribution is -2.40. The zero-order valence-electron chi connectivity index (χ0n) is 11.9. The number of carbonyl (C=O) groups is 1. The van der Waals surface area contributed by atoms with Crippen molar-refractivity contribution in [1.29, 1.82) is 0 Å². The van der Waals surface area contributed by atoms with E-state index in [-0.39, 0.29) is 24.8 Å². The first kappa shape index (κ1) is 15.9. The van der Waals surface area contributed by atoms with Crippen molar-refractivity contribution in [2.24, 2.45) is 0 Å². The SMILES string of the molecule is C[C@H]1CN(C(=O)OC(C)(C)C)C/C(=C(\F)CO)CO1. The molecule has 110 valence electrons. The molecule has 0 radical (unpaired) electrons. The third-order valence-electron chi connectivity index (χ3n) is 2.58. The van der Waals surface area contributed by atoms with Crippen LogP contribution in [0.4, 0.5) is 9.18 Å². The summed E-state index contributed by atoms with van der Waals surface area (Å²) in [4.78, 5) is 13.4. The molecule has 1 atom stereocenters. The zero-order valence-corrected chi connectivity index (χ0v) is 11.9. The van der Waals surface area contributed by atoms with Gasteiger partial charge in [-0.25, -0.2) is 9.18 Å². The molecule has 1 aliphatic heterocycles. The summed E-state index contributed by atoms with van der Waals surface area (Å²) in [6, 6.07) is 0. The van der Waals surface area contributed by atoms with Gasteiger partial charge in [0, 0.05) is 5.57 Å². The number of aliphatic hydroxyl groups excluding tert-OH is 1. The molecule has 1 rings (SSSR count). The zero-order chi connectivity index (χ0) is 14.6. The van der Waals surface area contributed by atoms with Gasteiger partial charge in [-0.1, -0.05) is 0 Å². The van der Waals surface area contributed by atoms with Gasteiger partial charge in [0.05, 0.1) is 32.4 Å². The van der Waals surface area contributed by atoms with Gasteiger partial charge in [-0.3, -0.25) is 0 Å². The van der Waals surface area contributed by atoms with Gasteiger partial charge in [-0.15, -0.1) is 0 Å². The predicted molar refractivity (Wildman–Crippen MR) is 68.4 cm³/mol. The number of hydrogen-bond acceptors (Lipinski definition) is 4. The van der Waals surface area contributed by atoms with Crippen LogP contribution in [0, 0.1) is 0 Å². The van der Waals surface area contributed by atoms with Crippen LogP contribution in [0.3, 0.4) is 0 Å². The summed E-state index contributed by atoms with van der Waals surface area (Å²) in [5.74, 6) is -0.650. The maximum Gasteiger partial charge on any atom is 0.410 e. The summed E-state index contributed by atoms with van der Waals surface area (Å²) < 4.78 is 24.1. The summed E-state index contributed by atoms with van der Waals surface area (Å²) in [5.41, 5.74) is -0.329. The van der Waals surface area contributed by atoms with Gasteiger partial charge in [0.15, 0.2) is 0 Å². The Hall–Kier alpha value is -1.14. The molecular formula is C13H22FNO4. The summed E-state index contributed by atoms with van der Waals surface area (Å²) in [6.45, 7) is 6.91. The summed E-state index contributed by atoms with van der Waals surface area (Å²) >= 11 is 0. The quantitative estimate of drug-likeness (QED) is 0.793. The van der Waals surface area contributed by atoms with E-state index >= 15 is 0 Å². The Kier molecular flexibility index (Phi) is 5.31.